The fraction of sp³-hybridized carbons (Fsp3) is 0.522. The first-order valence-corrected chi connectivity index (χ1v) is 10.4. The van der Waals surface area contributed by atoms with Crippen molar-refractivity contribution in [2.45, 2.75) is 46.2 Å². The van der Waals surface area contributed by atoms with Gasteiger partial charge < -0.3 is 9.47 Å². The fourth-order valence-corrected chi connectivity index (χ4v) is 4.09. The molecule has 0 bridgehead atoms. The summed E-state index contributed by atoms with van der Waals surface area (Å²) in [7, 11) is 2.22. The number of imidazole rings is 1. The lowest BCUT2D eigenvalue weighted by molar-refractivity contribution is 0.0998. The van der Waals surface area contributed by atoms with Crippen molar-refractivity contribution in [2.24, 2.45) is 0 Å². The normalized spacial score (nSPS) is 18.0. The lowest BCUT2D eigenvalue weighted by Crippen LogP contribution is -2.50. The highest BCUT2D eigenvalue weighted by molar-refractivity contribution is 5.77. The largest absolute Gasteiger partial charge is 0.329 e. The summed E-state index contributed by atoms with van der Waals surface area (Å²) in [5.74, 6) is 0. The van der Waals surface area contributed by atoms with Crippen LogP contribution in [0.1, 0.15) is 39.3 Å². The molecule has 1 aliphatic rings. The van der Waals surface area contributed by atoms with E-state index in [9.17, 15) is 0 Å². The number of rotatable bonds is 7. The second kappa shape index (κ2) is 9.34. The van der Waals surface area contributed by atoms with E-state index in [0.717, 1.165) is 44.8 Å². The van der Waals surface area contributed by atoms with E-state index in [-0.39, 0.29) is 0 Å². The highest BCUT2D eigenvalue weighted by Gasteiger charge is 2.24. The van der Waals surface area contributed by atoms with E-state index >= 15 is 0 Å². The first-order chi connectivity index (χ1) is 13.2. The molecule has 4 heteroatoms. The second-order valence-corrected chi connectivity index (χ2v) is 7.53. The van der Waals surface area contributed by atoms with Gasteiger partial charge in [-0.1, -0.05) is 50.3 Å². The Morgan fingerprint density at radius 2 is 1.81 bits per heavy atom. The molecule has 27 heavy (non-hydrogen) atoms. The Hall–Kier alpha value is -1.91. The summed E-state index contributed by atoms with van der Waals surface area (Å²) in [4.78, 5) is 9.93. The molecule has 146 valence electrons. The number of hydrogen-bond donors (Lipinski definition) is 0. The van der Waals surface area contributed by atoms with E-state index < -0.39 is 0 Å². The van der Waals surface area contributed by atoms with Gasteiger partial charge >= 0.3 is 0 Å². The summed E-state index contributed by atoms with van der Waals surface area (Å²) in [5.41, 5.74) is 4.98. The first-order valence-electron chi connectivity index (χ1n) is 10.4. The molecule has 1 fully saturated rings. The summed E-state index contributed by atoms with van der Waals surface area (Å²) in [6, 6.07) is 11.1. The zero-order valence-corrected chi connectivity index (χ0v) is 17.4. The van der Waals surface area contributed by atoms with E-state index in [1.807, 2.05) is 0 Å². The molecule has 0 unspecified atom stereocenters. The molecule has 0 radical (unpaired) electrons. The Bertz CT molecular complexity index is 739. The first kappa shape index (κ1) is 19.8. The second-order valence-electron chi connectivity index (χ2n) is 7.53. The zero-order valence-electron chi connectivity index (χ0n) is 17.4. The molecule has 4 nitrogen and oxygen atoms in total. The third-order valence-electron chi connectivity index (χ3n) is 5.85. The molecule has 1 aromatic heterocycles. The Morgan fingerprint density at radius 1 is 1.11 bits per heavy atom. The van der Waals surface area contributed by atoms with Crippen molar-refractivity contribution in [1.82, 2.24) is 19.4 Å². The van der Waals surface area contributed by atoms with Crippen LogP contribution in [-0.2, 0) is 6.54 Å². The molecule has 1 aliphatic heterocycles. The Balaban J connectivity index is 1.91. The predicted octanol–water partition coefficient (Wildman–Crippen LogP) is 4.39. The Morgan fingerprint density at radius 3 is 2.41 bits per heavy atom. The lowest BCUT2D eigenvalue weighted by atomic mass is 10.0. The van der Waals surface area contributed by atoms with Gasteiger partial charge in [-0.3, -0.25) is 4.90 Å². The van der Waals surface area contributed by atoms with Crippen LogP contribution in [0.15, 0.2) is 42.7 Å². The maximum atomic E-state index is 4.84. The number of aromatic nitrogens is 2. The zero-order chi connectivity index (χ0) is 19.2. The smallest absolute Gasteiger partial charge is 0.0959 e. The summed E-state index contributed by atoms with van der Waals surface area (Å²) in [6.45, 7) is 12.3. The molecule has 0 amide bonds. The quantitative estimate of drug-likeness (QED) is 0.726. The minimum Gasteiger partial charge on any atom is -0.329 e. The van der Waals surface area contributed by atoms with Crippen LogP contribution in [0.5, 0.6) is 0 Å². The van der Waals surface area contributed by atoms with Gasteiger partial charge in [-0.25, -0.2) is 4.98 Å². The standard InChI is InChI=1S/C23H34N4/c1-5-19(6-2)23-22(20-11-9-8-10-12-20)24-18-27(23)17-21(7-3)26-15-13-25(4)14-16-26/h5,8-12,18,21H,6-7,13-17H2,1-4H3/b19-5+/t21-/m0/s1. The Labute approximate surface area is 164 Å². The van der Waals surface area contributed by atoms with Crippen LogP contribution in [0.4, 0.5) is 0 Å². The van der Waals surface area contributed by atoms with Crippen LogP contribution >= 0.6 is 0 Å². The average molecular weight is 367 g/mol. The lowest BCUT2D eigenvalue weighted by Gasteiger charge is -2.38. The van der Waals surface area contributed by atoms with E-state index in [0.29, 0.717) is 6.04 Å². The van der Waals surface area contributed by atoms with Crippen LogP contribution in [0.2, 0.25) is 0 Å². The molecule has 0 saturated carbocycles. The maximum absolute atomic E-state index is 4.84. The highest BCUT2D eigenvalue weighted by Crippen LogP contribution is 2.30. The van der Waals surface area contributed by atoms with Gasteiger partial charge in [-0.2, -0.15) is 0 Å². The van der Waals surface area contributed by atoms with Crippen molar-refractivity contribution in [3.63, 3.8) is 0 Å². The summed E-state index contributed by atoms with van der Waals surface area (Å²) in [6.07, 6.45) is 6.49. The fourth-order valence-electron chi connectivity index (χ4n) is 4.09. The third-order valence-corrected chi connectivity index (χ3v) is 5.85. The van der Waals surface area contributed by atoms with Crippen LogP contribution < -0.4 is 0 Å². The van der Waals surface area contributed by atoms with Gasteiger partial charge in [-0.05, 0) is 32.4 Å². The Kier molecular flexibility index (Phi) is 6.86. The van der Waals surface area contributed by atoms with E-state index in [1.165, 1.54) is 23.3 Å². The molecule has 1 aromatic carbocycles. The van der Waals surface area contributed by atoms with Crippen molar-refractivity contribution in [2.75, 3.05) is 33.2 Å². The van der Waals surface area contributed by atoms with Gasteiger partial charge in [0.05, 0.1) is 17.7 Å². The number of nitrogens with zero attached hydrogens (tertiary/aromatic N) is 4. The molecular formula is C23H34N4. The van der Waals surface area contributed by atoms with Crippen LogP contribution in [0.3, 0.4) is 0 Å². The summed E-state index contributed by atoms with van der Waals surface area (Å²) < 4.78 is 2.40. The van der Waals surface area contributed by atoms with E-state index in [1.54, 1.807) is 0 Å². The van der Waals surface area contributed by atoms with E-state index in [2.05, 4.69) is 84.9 Å². The monoisotopic (exact) mass is 366 g/mol. The summed E-state index contributed by atoms with van der Waals surface area (Å²) >= 11 is 0. The van der Waals surface area contributed by atoms with Gasteiger partial charge in [-0.15, -0.1) is 0 Å². The number of benzene rings is 1. The number of piperazine rings is 1. The molecule has 0 aliphatic carbocycles. The third kappa shape index (κ3) is 4.50. The molecule has 1 atom stereocenters. The maximum Gasteiger partial charge on any atom is 0.0959 e. The van der Waals surface area contributed by atoms with Crippen molar-refractivity contribution < 1.29 is 0 Å². The molecule has 3 rings (SSSR count). The van der Waals surface area contributed by atoms with Crippen LogP contribution in [0.25, 0.3) is 16.8 Å². The molecule has 2 heterocycles. The molecule has 0 N–H and O–H groups in total. The predicted molar refractivity (Wildman–Crippen MR) is 115 cm³/mol. The summed E-state index contributed by atoms with van der Waals surface area (Å²) in [5, 5.41) is 0. The number of likely N-dealkylation sites (N-methyl/N-ethyl adjacent to an activating group) is 1. The number of hydrogen-bond acceptors (Lipinski definition) is 3. The molecule has 2 aromatic rings. The van der Waals surface area contributed by atoms with Crippen molar-refractivity contribution in [1.29, 1.82) is 0 Å². The topological polar surface area (TPSA) is 24.3 Å². The van der Waals surface area contributed by atoms with Gasteiger partial charge in [0.2, 0.25) is 0 Å². The molecule has 1 saturated heterocycles. The van der Waals surface area contributed by atoms with Crippen LogP contribution in [0, 0.1) is 0 Å². The minimum absolute atomic E-state index is 0.560. The van der Waals surface area contributed by atoms with Crippen LogP contribution in [-0.4, -0.2) is 58.6 Å². The van der Waals surface area contributed by atoms with Crippen molar-refractivity contribution in [3.8, 4) is 11.3 Å². The molecular weight excluding hydrogens is 332 g/mol. The van der Waals surface area contributed by atoms with E-state index in [4.69, 9.17) is 4.98 Å². The van der Waals surface area contributed by atoms with Gasteiger partial charge in [0, 0.05) is 44.3 Å². The van der Waals surface area contributed by atoms with Crippen molar-refractivity contribution in [3.05, 3.63) is 48.4 Å². The average Bonchev–Trinajstić information content (AvgIpc) is 3.12. The number of allylic oxidation sites excluding steroid dienone is 2. The van der Waals surface area contributed by atoms with Gasteiger partial charge in [0.15, 0.2) is 0 Å². The highest BCUT2D eigenvalue weighted by atomic mass is 15.3. The van der Waals surface area contributed by atoms with Gasteiger partial charge in [0.25, 0.3) is 0 Å². The van der Waals surface area contributed by atoms with Crippen molar-refractivity contribution >= 4 is 5.57 Å². The molecule has 0 spiro atoms. The SMILES string of the molecule is C/C=C(\CC)c1c(-c2ccccc2)ncn1C[C@H](CC)N1CCN(C)CC1. The van der Waals surface area contributed by atoms with Gasteiger partial charge in [0.1, 0.15) is 0 Å². The minimum atomic E-state index is 0.560.